The standard InChI is InChI=1S/C13H15Br2N3/c1-8(2)12-11(15)13(16)18(17-12)7-9-4-3-5-10(14)6-9/h3-6,8H,7,16H2,1-2H3. The summed E-state index contributed by atoms with van der Waals surface area (Å²) in [4.78, 5) is 0. The van der Waals surface area contributed by atoms with E-state index in [1.54, 1.807) is 0 Å². The van der Waals surface area contributed by atoms with Crippen molar-refractivity contribution in [2.75, 3.05) is 5.73 Å². The van der Waals surface area contributed by atoms with Crippen LogP contribution in [0.3, 0.4) is 0 Å². The van der Waals surface area contributed by atoms with Crippen molar-refractivity contribution in [2.45, 2.75) is 26.3 Å². The Labute approximate surface area is 124 Å². The second kappa shape index (κ2) is 5.45. The third kappa shape index (κ3) is 2.78. The first-order chi connectivity index (χ1) is 8.49. The van der Waals surface area contributed by atoms with Crippen LogP contribution in [0.4, 0.5) is 5.82 Å². The van der Waals surface area contributed by atoms with Crippen LogP contribution >= 0.6 is 31.9 Å². The molecule has 18 heavy (non-hydrogen) atoms. The van der Waals surface area contributed by atoms with Crippen molar-refractivity contribution in [3.63, 3.8) is 0 Å². The van der Waals surface area contributed by atoms with Crippen molar-refractivity contribution < 1.29 is 0 Å². The van der Waals surface area contributed by atoms with E-state index in [-0.39, 0.29) is 0 Å². The van der Waals surface area contributed by atoms with Crippen molar-refractivity contribution in [1.82, 2.24) is 9.78 Å². The molecule has 5 heteroatoms. The van der Waals surface area contributed by atoms with Gasteiger partial charge in [0.05, 0.1) is 16.7 Å². The maximum Gasteiger partial charge on any atom is 0.136 e. The number of hydrogen-bond donors (Lipinski definition) is 1. The summed E-state index contributed by atoms with van der Waals surface area (Å²) in [6, 6.07) is 8.15. The summed E-state index contributed by atoms with van der Waals surface area (Å²) < 4.78 is 3.81. The SMILES string of the molecule is CC(C)c1nn(Cc2cccc(Br)c2)c(N)c1Br. The molecule has 0 atom stereocenters. The largest absolute Gasteiger partial charge is 0.383 e. The molecule has 0 aliphatic carbocycles. The average Bonchev–Trinajstić information content (AvgIpc) is 2.58. The molecule has 1 aromatic heterocycles. The Balaban J connectivity index is 2.32. The normalized spacial score (nSPS) is 11.2. The second-order valence-corrected chi connectivity index (χ2v) is 6.24. The summed E-state index contributed by atoms with van der Waals surface area (Å²) in [7, 11) is 0. The highest BCUT2D eigenvalue weighted by Gasteiger charge is 2.15. The van der Waals surface area contributed by atoms with Crippen LogP contribution in [0.15, 0.2) is 33.2 Å². The van der Waals surface area contributed by atoms with Gasteiger partial charge in [-0.25, -0.2) is 4.68 Å². The van der Waals surface area contributed by atoms with Gasteiger partial charge < -0.3 is 5.73 Å². The maximum atomic E-state index is 6.07. The van der Waals surface area contributed by atoms with E-state index in [1.165, 1.54) is 5.56 Å². The van der Waals surface area contributed by atoms with Crippen molar-refractivity contribution in [2.24, 2.45) is 0 Å². The molecular formula is C13H15Br2N3. The van der Waals surface area contributed by atoms with Crippen LogP contribution < -0.4 is 5.73 Å². The molecule has 2 aromatic rings. The zero-order chi connectivity index (χ0) is 13.3. The van der Waals surface area contributed by atoms with Crippen molar-refractivity contribution in [1.29, 1.82) is 0 Å². The van der Waals surface area contributed by atoms with Crippen LogP contribution in [-0.2, 0) is 6.54 Å². The van der Waals surface area contributed by atoms with Crippen LogP contribution in [0, 0.1) is 0 Å². The van der Waals surface area contributed by atoms with Gasteiger partial charge in [0, 0.05) is 4.47 Å². The second-order valence-electron chi connectivity index (χ2n) is 4.53. The minimum Gasteiger partial charge on any atom is -0.383 e. The van der Waals surface area contributed by atoms with Crippen LogP contribution in [0.1, 0.15) is 31.0 Å². The van der Waals surface area contributed by atoms with Gasteiger partial charge in [-0.15, -0.1) is 0 Å². The molecule has 0 radical (unpaired) electrons. The molecule has 96 valence electrons. The number of hydrogen-bond acceptors (Lipinski definition) is 2. The third-order valence-electron chi connectivity index (χ3n) is 2.72. The number of anilines is 1. The molecule has 0 spiro atoms. The fourth-order valence-electron chi connectivity index (χ4n) is 1.77. The molecule has 3 nitrogen and oxygen atoms in total. The summed E-state index contributed by atoms with van der Waals surface area (Å²) in [5.41, 5.74) is 8.24. The molecule has 0 amide bonds. The molecule has 0 saturated heterocycles. The van der Waals surface area contributed by atoms with Gasteiger partial charge in [-0.3, -0.25) is 0 Å². The summed E-state index contributed by atoms with van der Waals surface area (Å²) in [5.74, 6) is 1.03. The van der Waals surface area contributed by atoms with E-state index in [1.807, 2.05) is 16.8 Å². The Hall–Kier alpha value is -0.810. The minimum absolute atomic E-state index is 0.352. The Bertz CT molecular complexity index is 561. The Morgan fingerprint density at radius 1 is 1.33 bits per heavy atom. The van der Waals surface area contributed by atoms with E-state index in [0.717, 1.165) is 14.6 Å². The van der Waals surface area contributed by atoms with E-state index >= 15 is 0 Å². The third-order valence-corrected chi connectivity index (χ3v) is 4.03. The predicted octanol–water partition coefficient (Wildman–Crippen LogP) is 4.16. The van der Waals surface area contributed by atoms with E-state index < -0.39 is 0 Å². The fourth-order valence-corrected chi connectivity index (χ4v) is 2.96. The van der Waals surface area contributed by atoms with Gasteiger partial charge in [-0.1, -0.05) is 41.9 Å². The van der Waals surface area contributed by atoms with Gasteiger partial charge in [0.2, 0.25) is 0 Å². The molecule has 1 heterocycles. The number of rotatable bonds is 3. The molecule has 0 saturated carbocycles. The zero-order valence-electron chi connectivity index (χ0n) is 10.3. The lowest BCUT2D eigenvalue weighted by molar-refractivity contribution is 0.664. The topological polar surface area (TPSA) is 43.8 Å². The highest BCUT2D eigenvalue weighted by molar-refractivity contribution is 9.11. The number of halogens is 2. The summed E-state index contributed by atoms with van der Waals surface area (Å²) in [6.07, 6.45) is 0. The first-order valence-electron chi connectivity index (χ1n) is 5.75. The Morgan fingerprint density at radius 2 is 2.06 bits per heavy atom. The van der Waals surface area contributed by atoms with Crippen molar-refractivity contribution in [3.8, 4) is 0 Å². The van der Waals surface area contributed by atoms with Crippen molar-refractivity contribution in [3.05, 3.63) is 44.5 Å². The van der Waals surface area contributed by atoms with Gasteiger partial charge in [-0.05, 0) is 39.5 Å². The van der Waals surface area contributed by atoms with Crippen LogP contribution in [0.25, 0.3) is 0 Å². The maximum absolute atomic E-state index is 6.07. The van der Waals surface area contributed by atoms with Crippen LogP contribution in [0.2, 0.25) is 0 Å². The van der Waals surface area contributed by atoms with E-state index in [0.29, 0.717) is 18.3 Å². The fraction of sp³-hybridized carbons (Fsp3) is 0.308. The minimum atomic E-state index is 0.352. The molecular weight excluding hydrogens is 358 g/mol. The summed E-state index contributed by atoms with van der Waals surface area (Å²) in [6.45, 7) is 4.89. The van der Waals surface area contributed by atoms with Gasteiger partial charge in [-0.2, -0.15) is 5.10 Å². The summed E-state index contributed by atoms with van der Waals surface area (Å²) in [5, 5.41) is 4.56. The number of nitrogen functional groups attached to an aromatic ring is 1. The Morgan fingerprint density at radius 3 is 2.61 bits per heavy atom. The molecule has 0 bridgehead atoms. The highest BCUT2D eigenvalue weighted by Crippen LogP contribution is 2.29. The molecule has 0 aliphatic rings. The quantitative estimate of drug-likeness (QED) is 0.878. The van der Waals surface area contributed by atoms with Gasteiger partial charge in [0.1, 0.15) is 5.82 Å². The molecule has 0 aliphatic heterocycles. The van der Waals surface area contributed by atoms with E-state index in [4.69, 9.17) is 5.73 Å². The first kappa shape index (κ1) is 13.6. The van der Waals surface area contributed by atoms with Gasteiger partial charge in [0.25, 0.3) is 0 Å². The summed E-state index contributed by atoms with van der Waals surface area (Å²) >= 11 is 6.98. The molecule has 1 aromatic carbocycles. The van der Waals surface area contributed by atoms with Gasteiger partial charge in [0.15, 0.2) is 0 Å². The molecule has 2 N–H and O–H groups in total. The van der Waals surface area contributed by atoms with Crippen LogP contribution in [0.5, 0.6) is 0 Å². The Kier molecular flexibility index (Phi) is 4.12. The smallest absolute Gasteiger partial charge is 0.136 e. The molecule has 0 fully saturated rings. The lowest BCUT2D eigenvalue weighted by atomic mass is 10.1. The zero-order valence-corrected chi connectivity index (χ0v) is 13.5. The van der Waals surface area contributed by atoms with Gasteiger partial charge >= 0.3 is 0 Å². The molecule has 2 rings (SSSR count). The van der Waals surface area contributed by atoms with Crippen LogP contribution in [-0.4, -0.2) is 9.78 Å². The number of aromatic nitrogens is 2. The average molecular weight is 373 g/mol. The number of benzene rings is 1. The first-order valence-corrected chi connectivity index (χ1v) is 7.33. The van der Waals surface area contributed by atoms with E-state index in [2.05, 4.69) is 62.9 Å². The highest BCUT2D eigenvalue weighted by atomic mass is 79.9. The predicted molar refractivity (Wildman–Crippen MR) is 81.7 cm³/mol. The van der Waals surface area contributed by atoms with Crippen molar-refractivity contribution >= 4 is 37.7 Å². The number of nitrogens with zero attached hydrogens (tertiary/aromatic N) is 2. The monoisotopic (exact) mass is 371 g/mol. The van der Waals surface area contributed by atoms with E-state index in [9.17, 15) is 0 Å². The lowest BCUT2D eigenvalue weighted by Crippen LogP contribution is -2.06. The lowest BCUT2D eigenvalue weighted by Gasteiger charge is -2.05. The number of nitrogens with two attached hydrogens (primary N) is 1. The molecule has 0 unspecified atom stereocenters.